The first-order chi connectivity index (χ1) is 21.8. The lowest BCUT2D eigenvalue weighted by molar-refractivity contribution is -0.137. The van der Waals surface area contributed by atoms with Gasteiger partial charge in [0.05, 0.1) is 23.9 Å². The highest BCUT2D eigenvalue weighted by Gasteiger charge is 2.30. The Hall–Kier alpha value is -4.43. The average molecular weight is 627 g/mol. The number of carboxylic acid groups (broad SMARTS) is 1. The molecule has 1 aliphatic rings. The third-order valence-corrected chi connectivity index (χ3v) is 8.09. The van der Waals surface area contributed by atoms with Crippen molar-refractivity contribution in [2.24, 2.45) is 5.92 Å². The van der Waals surface area contributed by atoms with Gasteiger partial charge in [0.1, 0.15) is 12.3 Å². The lowest BCUT2D eigenvalue weighted by Gasteiger charge is -2.27. The molecule has 234 valence electrons. The summed E-state index contributed by atoms with van der Waals surface area (Å²) in [5.41, 5.74) is 3.97. The summed E-state index contributed by atoms with van der Waals surface area (Å²) in [4.78, 5) is 39.0. The van der Waals surface area contributed by atoms with Crippen LogP contribution >= 0.6 is 11.6 Å². The number of halogens is 1. The molecule has 1 fully saturated rings. The molecule has 0 bridgehead atoms. The second-order valence-electron chi connectivity index (χ2n) is 11.8. The summed E-state index contributed by atoms with van der Waals surface area (Å²) in [6.07, 6.45) is 4.63. The molecule has 1 aromatic heterocycles. The van der Waals surface area contributed by atoms with Crippen molar-refractivity contribution in [1.82, 2.24) is 14.9 Å². The molecule has 0 saturated carbocycles. The molecule has 8 nitrogen and oxygen atoms in total. The van der Waals surface area contributed by atoms with Crippen LogP contribution in [0.15, 0.2) is 85.1 Å². The number of aliphatic carboxylic acids is 1. The third kappa shape index (κ3) is 8.60. The van der Waals surface area contributed by atoms with Gasteiger partial charge in [-0.15, -0.1) is 0 Å². The largest absolute Gasteiger partial charge is 0.493 e. The first-order valence-corrected chi connectivity index (χ1v) is 15.8. The molecule has 1 aliphatic heterocycles. The molecular formula is C36H39ClN4O4. The van der Waals surface area contributed by atoms with Crippen LogP contribution in [0.4, 0.5) is 5.95 Å². The Morgan fingerprint density at radius 1 is 1.00 bits per heavy atom. The Bertz CT molecular complexity index is 1580. The number of carboxylic acids is 1. The van der Waals surface area contributed by atoms with Crippen molar-refractivity contribution in [3.63, 3.8) is 0 Å². The van der Waals surface area contributed by atoms with Crippen LogP contribution in [0.25, 0.3) is 0 Å². The highest BCUT2D eigenvalue weighted by molar-refractivity contribution is 6.30. The zero-order chi connectivity index (χ0) is 31.8. The van der Waals surface area contributed by atoms with Gasteiger partial charge in [0.25, 0.3) is 5.91 Å². The minimum absolute atomic E-state index is 0.0941. The Balaban J connectivity index is 1.44. The van der Waals surface area contributed by atoms with E-state index in [1.54, 1.807) is 6.20 Å². The van der Waals surface area contributed by atoms with Gasteiger partial charge >= 0.3 is 5.97 Å². The van der Waals surface area contributed by atoms with Crippen molar-refractivity contribution in [2.45, 2.75) is 52.1 Å². The molecule has 0 aliphatic carbocycles. The summed E-state index contributed by atoms with van der Waals surface area (Å²) < 4.78 is 5.84. The molecule has 1 atom stereocenters. The predicted octanol–water partition coefficient (Wildman–Crippen LogP) is 7.02. The fourth-order valence-corrected chi connectivity index (χ4v) is 5.69. The number of aromatic nitrogens is 2. The molecule has 0 radical (unpaired) electrons. The zero-order valence-corrected chi connectivity index (χ0v) is 26.5. The van der Waals surface area contributed by atoms with E-state index >= 15 is 0 Å². The normalized spacial score (nSPS) is 14.5. The SMILES string of the molecule is CC(C)COc1ccc(CCc2nc(N3CCC[C@H]3c3ccc(Cl)cc3)ncc2C(=O)N(CC(=O)O)Cc2ccccc2)cc1. The maximum atomic E-state index is 14.0. The lowest BCUT2D eigenvalue weighted by Crippen LogP contribution is -2.36. The van der Waals surface area contributed by atoms with Crippen LogP contribution in [0.2, 0.25) is 5.02 Å². The summed E-state index contributed by atoms with van der Waals surface area (Å²) >= 11 is 6.15. The zero-order valence-electron chi connectivity index (χ0n) is 25.7. The van der Waals surface area contributed by atoms with Gasteiger partial charge < -0.3 is 19.6 Å². The van der Waals surface area contributed by atoms with Crippen LogP contribution in [-0.4, -0.2) is 51.5 Å². The summed E-state index contributed by atoms with van der Waals surface area (Å²) in [7, 11) is 0. The fraction of sp³-hybridized carbons (Fsp3) is 0.333. The molecule has 3 aromatic carbocycles. The van der Waals surface area contributed by atoms with Gasteiger partial charge in [-0.2, -0.15) is 0 Å². The number of amides is 1. The monoisotopic (exact) mass is 626 g/mol. The molecule has 5 rings (SSSR count). The Morgan fingerprint density at radius 3 is 2.42 bits per heavy atom. The van der Waals surface area contributed by atoms with Gasteiger partial charge in [-0.1, -0.05) is 80.0 Å². The van der Waals surface area contributed by atoms with Gasteiger partial charge in [-0.3, -0.25) is 9.59 Å². The molecule has 9 heteroatoms. The highest BCUT2D eigenvalue weighted by Crippen LogP contribution is 2.35. The van der Waals surface area contributed by atoms with E-state index in [1.165, 1.54) is 4.90 Å². The van der Waals surface area contributed by atoms with Crippen LogP contribution in [0, 0.1) is 5.92 Å². The number of carbonyl (C=O) groups is 2. The molecule has 0 spiro atoms. The average Bonchev–Trinajstić information content (AvgIpc) is 3.53. The summed E-state index contributed by atoms with van der Waals surface area (Å²) in [6.45, 7) is 5.39. The van der Waals surface area contributed by atoms with E-state index in [0.29, 0.717) is 47.6 Å². The van der Waals surface area contributed by atoms with E-state index in [1.807, 2.05) is 78.9 Å². The summed E-state index contributed by atoms with van der Waals surface area (Å²) in [5, 5.41) is 10.3. The van der Waals surface area contributed by atoms with E-state index in [-0.39, 0.29) is 12.6 Å². The Morgan fingerprint density at radius 2 is 1.73 bits per heavy atom. The molecule has 0 unspecified atom stereocenters. The number of carbonyl (C=O) groups excluding carboxylic acids is 1. The van der Waals surface area contributed by atoms with E-state index in [9.17, 15) is 14.7 Å². The number of aryl methyl sites for hydroxylation is 2. The van der Waals surface area contributed by atoms with Gasteiger partial charge in [-0.25, -0.2) is 9.97 Å². The maximum Gasteiger partial charge on any atom is 0.323 e. The standard InChI is InChI=1S/C36H39ClN4O4/c1-25(2)24-45-30-17-10-26(11-18-30)12-19-32-31(35(44)40(23-34(42)43)22-27-7-4-3-5-8-27)21-38-36(39-32)41-20-6-9-33(41)28-13-15-29(37)16-14-28/h3-5,7-8,10-11,13-18,21,25,33H,6,9,12,19-20,22-24H2,1-2H3,(H,42,43)/t33-/m0/s1. The topological polar surface area (TPSA) is 95.9 Å². The van der Waals surface area contributed by atoms with Gasteiger partial charge in [0.15, 0.2) is 0 Å². The lowest BCUT2D eigenvalue weighted by atomic mass is 10.0. The smallest absolute Gasteiger partial charge is 0.323 e. The maximum absolute atomic E-state index is 14.0. The van der Waals surface area contributed by atoms with Crippen molar-refractivity contribution < 1.29 is 19.4 Å². The number of benzene rings is 3. The first kappa shape index (κ1) is 32.0. The number of hydrogen-bond acceptors (Lipinski definition) is 6. The van der Waals surface area contributed by atoms with Gasteiger partial charge in [-0.05, 0) is 72.6 Å². The highest BCUT2D eigenvalue weighted by atomic mass is 35.5. The van der Waals surface area contributed by atoms with Crippen molar-refractivity contribution in [3.05, 3.63) is 118 Å². The predicted molar refractivity (Wildman–Crippen MR) is 176 cm³/mol. The van der Waals surface area contributed by atoms with Gasteiger partial charge in [0, 0.05) is 24.3 Å². The number of anilines is 1. The van der Waals surface area contributed by atoms with E-state index in [0.717, 1.165) is 41.8 Å². The van der Waals surface area contributed by atoms with Crippen LogP contribution < -0.4 is 9.64 Å². The quantitative estimate of drug-likeness (QED) is 0.170. The Labute approximate surface area is 269 Å². The van der Waals surface area contributed by atoms with Crippen molar-refractivity contribution in [2.75, 3.05) is 24.6 Å². The number of hydrogen-bond donors (Lipinski definition) is 1. The number of rotatable bonds is 13. The molecule has 1 saturated heterocycles. The molecule has 1 amide bonds. The van der Waals surface area contributed by atoms with Crippen molar-refractivity contribution in [1.29, 1.82) is 0 Å². The van der Waals surface area contributed by atoms with Crippen LogP contribution in [0.3, 0.4) is 0 Å². The summed E-state index contributed by atoms with van der Waals surface area (Å²) in [6, 6.07) is 25.3. The molecule has 4 aromatic rings. The minimum atomic E-state index is -1.08. The van der Waals surface area contributed by atoms with Crippen molar-refractivity contribution in [3.8, 4) is 5.75 Å². The first-order valence-electron chi connectivity index (χ1n) is 15.4. The molecular weight excluding hydrogens is 588 g/mol. The van der Waals surface area contributed by atoms with E-state index < -0.39 is 18.4 Å². The minimum Gasteiger partial charge on any atom is -0.493 e. The second kappa shape index (κ2) is 15.0. The van der Waals surface area contributed by atoms with E-state index in [4.69, 9.17) is 21.3 Å². The Kier molecular flexibility index (Phi) is 10.7. The third-order valence-electron chi connectivity index (χ3n) is 7.84. The molecule has 45 heavy (non-hydrogen) atoms. The number of nitrogens with zero attached hydrogens (tertiary/aromatic N) is 4. The molecule has 1 N–H and O–H groups in total. The molecule has 2 heterocycles. The van der Waals surface area contributed by atoms with Crippen LogP contribution in [0.1, 0.15) is 65.5 Å². The number of ether oxygens (including phenoxy) is 1. The van der Waals surface area contributed by atoms with Crippen LogP contribution in [-0.2, 0) is 24.2 Å². The van der Waals surface area contributed by atoms with Crippen molar-refractivity contribution >= 4 is 29.4 Å². The summed E-state index contributed by atoms with van der Waals surface area (Å²) in [5.74, 6) is 0.325. The second-order valence-corrected chi connectivity index (χ2v) is 12.3. The fourth-order valence-electron chi connectivity index (χ4n) is 5.57. The van der Waals surface area contributed by atoms with Gasteiger partial charge in [0.2, 0.25) is 5.95 Å². The van der Waals surface area contributed by atoms with Crippen LogP contribution in [0.5, 0.6) is 5.75 Å². The van der Waals surface area contributed by atoms with E-state index in [2.05, 4.69) is 23.7 Å².